The number of nitro benzene ring substituents is 1. The van der Waals surface area contributed by atoms with Crippen molar-refractivity contribution in [1.29, 1.82) is 0 Å². The van der Waals surface area contributed by atoms with Gasteiger partial charge in [0.15, 0.2) is 0 Å². The van der Waals surface area contributed by atoms with E-state index in [1.54, 1.807) is 25.6 Å². The van der Waals surface area contributed by atoms with Gasteiger partial charge in [0.2, 0.25) is 0 Å². The number of carbonyl (C=O) groups excluding carboxylic acids is 2. The zero-order valence-corrected chi connectivity index (χ0v) is 13.6. The van der Waals surface area contributed by atoms with E-state index in [9.17, 15) is 19.7 Å². The standard InChI is InChI=1S/C15H16N4O5/c1-8-13(9(2)18(3)17-8)16-14(20)10-5-11(15(21)24-4)7-12(6-10)19(22)23/h5-7H,1-4H3,(H,16,20). The van der Waals surface area contributed by atoms with E-state index in [1.807, 2.05) is 0 Å². The van der Waals surface area contributed by atoms with Crippen molar-refractivity contribution in [2.75, 3.05) is 12.4 Å². The van der Waals surface area contributed by atoms with E-state index in [2.05, 4.69) is 15.2 Å². The van der Waals surface area contributed by atoms with Crippen LogP contribution in [0.4, 0.5) is 11.4 Å². The summed E-state index contributed by atoms with van der Waals surface area (Å²) in [5.74, 6) is -1.34. The SMILES string of the molecule is COC(=O)c1cc(C(=O)Nc2c(C)nn(C)c2C)cc([N+](=O)[O-])c1. The van der Waals surface area contributed by atoms with Gasteiger partial charge in [0.1, 0.15) is 0 Å². The normalized spacial score (nSPS) is 10.3. The second kappa shape index (κ2) is 6.49. The number of anilines is 1. The number of nitrogens with zero attached hydrogens (tertiary/aromatic N) is 3. The third-order valence-corrected chi connectivity index (χ3v) is 3.56. The zero-order chi connectivity index (χ0) is 18.0. The van der Waals surface area contributed by atoms with Crippen LogP contribution in [-0.4, -0.2) is 33.7 Å². The highest BCUT2D eigenvalue weighted by atomic mass is 16.6. The second-order valence-corrected chi connectivity index (χ2v) is 5.14. The number of amides is 1. The lowest BCUT2D eigenvalue weighted by atomic mass is 10.1. The third kappa shape index (κ3) is 3.24. The van der Waals surface area contributed by atoms with Crippen molar-refractivity contribution in [2.24, 2.45) is 7.05 Å². The molecule has 0 radical (unpaired) electrons. The molecular weight excluding hydrogens is 316 g/mol. The van der Waals surface area contributed by atoms with E-state index >= 15 is 0 Å². The summed E-state index contributed by atoms with van der Waals surface area (Å²) in [7, 11) is 2.89. The van der Waals surface area contributed by atoms with Crippen LogP contribution in [0, 0.1) is 24.0 Å². The van der Waals surface area contributed by atoms with E-state index in [1.165, 1.54) is 6.07 Å². The molecule has 0 aliphatic heterocycles. The van der Waals surface area contributed by atoms with Gasteiger partial charge in [0, 0.05) is 24.7 Å². The first-order chi connectivity index (χ1) is 11.2. The number of ether oxygens (including phenoxy) is 1. The summed E-state index contributed by atoms with van der Waals surface area (Å²) in [5.41, 5.74) is 1.40. The minimum Gasteiger partial charge on any atom is -0.465 e. The number of carbonyl (C=O) groups is 2. The first-order valence-corrected chi connectivity index (χ1v) is 6.94. The average molecular weight is 332 g/mol. The number of nitro groups is 1. The number of nitrogens with one attached hydrogen (secondary N) is 1. The molecule has 24 heavy (non-hydrogen) atoms. The lowest BCUT2D eigenvalue weighted by molar-refractivity contribution is -0.384. The molecule has 0 aliphatic rings. The minimum absolute atomic E-state index is 0.0211. The number of methoxy groups -OCH3 is 1. The van der Waals surface area contributed by atoms with E-state index in [-0.39, 0.29) is 16.8 Å². The van der Waals surface area contributed by atoms with Gasteiger partial charge in [-0.2, -0.15) is 5.10 Å². The maximum Gasteiger partial charge on any atom is 0.338 e. The monoisotopic (exact) mass is 332 g/mol. The fourth-order valence-electron chi connectivity index (χ4n) is 2.22. The smallest absolute Gasteiger partial charge is 0.338 e. The number of hydrogen-bond acceptors (Lipinski definition) is 6. The highest BCUT2D eigenvalue weighted by molar-refractivity contribution is 6.06. The van der Waals surface area contributed by atoms with E-state index < -0.39 is 16.8 Å². The summed E-state index contributed by atoms with van der Waals surface area (Å²) in [5, 5.41) is 17.9. The maximum atomic E-state index is 12.4. The Morgan fingerprint density at radius 1 is 1.25 bits per heavy atom. The first-order valence-electron chi connectivity index (χ1n) is 6.94. The molecule has 0 saturated heterocycles. The minimum atomic E-state index is -0.763. The number of non-ortho nitro benzene ring substituents is 1. The molecule has 0 saturated carbocycles. The number of esters is 1. The van der Waals surface area contributed by atoms with Gasteiger partial charge in [-0.05, 0) is 19.9 Å². The fourth-order valence-corrected chi connectivity index (χ4v) is 2.22. The maximum absolute atomic E-state index is 12.4. The predicted molar refractivity (Wildman–Crippen MR) is 85.1 cm³/mol. The lowest BCUT2D eigenvalue weighted by Gasteiger charge is -2.07. The molecule has 1 N–H and O–H groups in total. The van der Waals surface area contributed by atoms with Gasteiger partial charge >= 0.3 is 5.97 Å². The van der Waals surface area contributed by atoms with E-state index in [0.717, 1.165) is 24.9 Å². The molecule has 0 spiro atoms. The van der Waals surface area contributed by atoms with Crippen LogP contribution < -0.4 is 5.32 Å². The Balaban J connectivity index is 2.43. The van der Waals surface area contributed by atoms with E-state index in [4.69, 9.17) is 0 Å². The fraction of sp³-hybridized carbons (Fsp3) is 0.267. The molecular formula is C15H16N4O5. The Bertz CT molecular complexity index is 841. The largest absolute Gasteiger partial charge is 0.465 e. The Hall–Kier alpha value is -3.23. The summed E-state index contributed by atoms with van der Waals surface area (Å²) in [6.45, 7) is 3.51. The van der Waals surface area contributed by atoms with Crippen LogP contribution in [0.3, 0.4) is 0 Å². The van der Waals surface area contributed by atoms with Crippen LogP contribution in [0.2, 0.25) is 0 Å². The zero-order valence-electron chi connectivity index (χ0n) is 13.6. The van der Waals surface area contributed by atoms with E-state index in [0.29, 0.717) is 11.4 Å². The van der Waals surface area contributed by atoms with Crippen LogP contribution in [0.1, 0.15) is 32.1 Å². The molecule has 0 atom stereocenters. The topological polar surface area (TPSA) is 116 Å². The number of hydrogen-bond donors (Lipinski definition) is 1. The van der Waals surface area contributed by atoms with Crippen molar-refractivity contribution in [2.45, 2.75) is 13.8 Å². The van der Waals surface area contributed by atoms with Gasteiger partial charge in [0.25, 0.3) is 11.6 Å². The molecule has 2 aromatic rings. The van der Waals surface area contributed by atoms with Crippen molar-refractivity contribution in [1.82, 2.24) is 9.78 Å². The van der Waals surface area contributed by atoms with Crippen LogP contribution in [-0.2, 0) is 11.8 Å². The first kappa shape index (κ1) is 17.1. The molecule has 0 fully saturated rings. The summed E-state index contributed by atoms with van der Waals surface area (Å²) in [6.07, 6.45) is 0. The summed E-state index contributed by atoms with van der Waals surface area (Å²) >= 11 is 0. The van der Waals surface area contributed by atoms with Crippen LogP contribution in [0.15, 0.2) is 18.2 Å². The van der Waals surface area contributed by atoms with Crippen molar-refractivity contribution in [3.8, 4) is 0 Å². The molecule has 126 valence electrons. The Morgan fingerprint density at radius 2 is 1.88 bits per heavy atom. The van der Waals surface area contributed by atoms with Gasteiger partial charge in [-0.3, -0.25) is 19.6 Å². The molecule has 9 heteroatoms. The van der Waals surface area contributed by atoms with Gasteiger partial charge in [-0.25, -0.2) is 4.79 Å². The molecule has 2 rings (SSSR count). The predicted octanol–water partition coefficient (Wildman–Crippen LogP) is 1.98. The van der Waals surface area contributed by atoms with Crippen LogP contribution in [0.25, 0.3) is 0 Å². The second-order valence-electron chi connectivity index (χ2n) is 5.14. The quantitative estimate of drug-likeness (QED) is 0.520. The molecule has 1 amide bonds. The molecule has 0 unspecified atom stereocenters. The highest BCUT2D eigenvalue weighted by Crippen LogP contribution is 2.22. The molecule has 9 nitrogen and oxygen atoms in total. The van der Waals surface area contributed by atoms with Crippen molar-refractivity contribution >= 4 is 23.3 Å². The molecule has 1 aromatic heterocycles. The molecule has 0 aliphatic carbocycles. The molecule has 0 bridgehead atoms. The third-order valence-electron chi connectivity index (χ3n) is 3.56. The Labute approximate surface area is 137 Å². The van der Waals surface area contributed by atoms with Crippen molar-refractivity contribution in [3.05, 3.63) is 50.8 Å². The summed E-state index contributed by atoms with van der Waals surface area (Å²) in [6, 6.07) is 3.40. The summed E-state index contributed by atoms with van der Waals surface area (Å²) < 4.78 is 6.17. The van der Waals surface area contributed by atoms with Crippen LogP contribution >= 0.6 is 0 Å². The Morgan fingerprint density at radius 3 is 2.38 bits per heavy atom. The Kier molecular flexibility index (Phi) is 4.63. The molecule has 1 aromatic carbocycles. The average Bonchev–Trinajstić information content (AvgIpc) is 2.79. The van der Waals surface area contributed by atoms with Gasteiger partial charge in [-0.15, -0.1) is 0 Å². The molecule has 1 heterocycles. The van der Waals surface area contributed by atoms with Gasteiger partial charge < -0.3 is 10.1 Å². The van der Waals surface area contributed by atoms with Gasteiger partial charge in [-0.1, -0.05) is 0 Å². The van der Waals surface area contributed by atoms with Crippen LogP contribution in [0.5, 0.6) is 0 Å². The number of aromatic nitrogens is 2. The lowest BCUT2D eigenvalue weighted by Crippen LogP contribution is -2.15. The highest BCUT2D eigenvalue weighted by Gasteiger charge is 2.20. The number of aryl methyl sites for hydroxylation is 2. The summed E-state index contributed by atoms with van der Waals surface area (Å²) in [4.78, 5) is 34.4. The number of rotatable bonds is 4. The van der Waals surface area contributed by atoms with Gasteiger partial charge in [0.05, 0.1) is 34.7 Å². The van der Waals surface area contributed by atoms with Crippen molar-refractivity contribution < 1.29 is 19.2 Å². The number of benzene rings is 1. The van der Waals surface area contributed by atoms with Crippen molar-refractivity contribution in [3.63, 3.8) is 0 Å².